The lowest BCUT2D eigenvalue weighted by molar-refractivity contribution is -0.119. The van der Waals surface area contributed by atoms with Crippen LogP contribution in [0.5, 0.6) is 0 Å². The van der Waals surface area contributed by atoms with Gasteiger partial charge in [-0.2, -0.15) is 5.26 Å². The molecule has 1 aromatic carbocycles. The summed E-state index contributed by atoms with van der Waals surface area (Å²) in [6.07, 6.45) is 3.39. The van der Waals surface area contributed by atoms with E-state index in [2.05, 4.69) is 5.32 Å². The van der Waals surface area contributed by atoms with Gasteiger partial charge in [-0.3, -0.25) is 9.36 Å². The number of carbonyl (C=O) groups excluding carboxylic acids is 2. The van der Waals surface area contributed by atoms with Crippen LogP contribution < -0.4 is 5.32 Å². The largest absolute Gasteiger partial charge is 0.452 e. The smallest absolute Gasteiger partial charge is 0.343 e. The van der Waals surface area contributed by atoms with Gasteiger partial charge in [-0.25, -0.2) is 4.79 Å². The molecule has 0 radical (unpaired) electrons. The summed E-state index contributed by atoms with van der Waals surface area (Å²) in [6.45, 7) is 1.09. The van der Waals surface area contributed by atoms with Crippen LogP contribution >= 0.6 is 0 Å². The Morgan fingerprint density at radius 3 is 2.54 bits per heavy atom. The molecule has 3 aromatic rings. The van der Waals surface area contributed by atoms with Crippen LogP contribution in [0.15, 0.2) is 59.3 Å². The van der Waals surface area contributed by atoms with E-state index >= 15 is 0 Å². The summed E-state index contributed by atoms with van der Waals surface area (Å²) in [4.78, 5) is 24.3. The molecule has 0 saturated heterocycles. The minimum absolute atomic E-state index is 0.0173. The summed E-state index contributed by atoms with van der Waals surface area (Å²) in [5.74, 6) is -0.784. The number of anilines is 1. The monoisotopic (exact) mass is 349 g/mol. The van der Waals surface area contributed by atoms with Crippen LogP contribution in [-0.4, -0.2) is 23.1 Å². The second kappa shape index (κ2) is 7.40. The van der Waals surface area contributed by atoms with E-state index in [-0.39, 0.29) is 22.8 Å². The van der Waals surface area contributed by atoms with Crippen molar-refractivity contribution in [2.75, 3.05) is 11.9 Å². The van der Waals surface area contributed by atoms with Crippen molar-refractivity contribution in [3.63, 3.8) is 0 Å². The molecule has 1 amide bonds. The normalized spacial score (nSPS) is 10.2. The second-order valence-electron chi connectivity index (χ2n) is 5.41. The van der Waals surface area contributed by atoms with Crippen LogP contribution in [0.25, 0.3) is 5.88 Å². The van der Waals surface area contributed by atoms with Gasteiger partial charge in [-0.1, -0.05) is 18.2 Å². The third-order valence-electron chi connectivity index (χ3n) is 3.61. The highest BCUT2D eigenvalue weighted by molar-refractivity contribution is 5.97. The Bertz CT molecular complexity index is 966. The summed E-state index contributed by atoms with van der Waals surface area (Å²) >= 11 is 0. The van der Waals surface area contributed by atoms with Gasteiger partial charge < -0.3 is 14.5 Å². The minimum atomic E-state index is -0.788. The molecule has 0 aliphatic rings. The molecule has 0 fully saturated rings. The summed E-state index contributed by atoms with van der Waals surface area (Å²) in [6, 6.07) is 14.3. The van der Waals surface area contributed by atoms with Crippen LogP contribution in [-0.2, 0) is 9.53 Å². The van der Waals surface area contributed by atoms with Gasteiger partial charge in [0.2, 0.25) is 5.88 Å². The minimum Gasteiger partial charge on any atom is -0.452 e. The van der Waals surface area contributed by atoms with Gasteiger partial charge in [0, 0.05) is 18.1 Å². The Morgan fingerprint density at radius 2 is 1.88 bits per heavy atom. The van der Waals surface area contributed by atoms with Gasteiger partial charge >= 0.3 is 5.97 Å². The molecule has 26 heavy (non-hydrogen) atoms. The lowest BCUT2D eigenvalue weighted by Gasteiger charge is -2.06. The SMILES string of the molecule is Cc1oc(-n2cccc2)c(C#N)c1C(=O)OCC(=O)Nc1ccccc1. The average Bonchev–Trinajstić information content (AvgIpc) is 3.27. The zero-order valence-electron chi connectivity index (χ0n) is 13.9. The van der Waals surface area contributed by atoms with Gasteiger partial charge in [-0.05, 0) is 31.2 Å². The van der Waals surface area contributed by atoms with Crippen molar-refractivity contribution in [3.05, 3.63) is 71.7 Å². The zero-order chi connectivity index (χ0) is 18.5. The summed E-state index contributed by atoms with van der Waals surface area (Å²) in [5, 5.41) is 12.0. The predicted molar refractivity (Wildman–Crippen MR) is 92.8 cm³/mol. The number of hydrogen-bond donors (Lipinski definition) is 1. The first kappa shape index (κ1) is 17.0. The second-order valence-corrected chi connectivity index (χ2v) is 5.41. The first-order valence-corrected chi connectivity index (χ1v) is 7.79. The highest BCUT2D eigenvalue weighted by Crippen LogP contribution is 2.26. The highest BCUT2D eigenvalue weighted by Gasteiger charge is 2.26. The van der Waals surface area contributed by atoms with Gasteiger partial charge in [0.25, 0.3) is 5.91 Å². The van der Waals surface area contributed by atoms with E-state index in [1.165, 1.54) is 0 Å². The van der Waals surface area contributed by atoms with Crippen molar-refractivity contribution in [3.8, 4) is 12.0 Å². The molecule has 3 rings (SSSR count). The number of aryl methyl sites for hydroxylation is 1. The van der Waals surface area contributed by atoms with Gasteiger partial charge in [0.1, 0.15) is 23.0 Å². The van der Waals surface area contributed by atoms with Crippen molar-refractivity contribution >= 4 is 17.6 Å². The number of nitriles is 1. The fourth-order valence-electron chi connectivity index (χ4n) is 2.45. The highest BCUT2D eigenvalue weighted by atomic mass is 16.5. The molecule has 0 unspecified atom stereocenters. The molecule has 0 aliphatic carbocycles. The maximum absolute atomic E-state index is 12.4. The maximum atomic E-state index is 12.4. The third kappa shape index (κ3) is 3.49. The van der Waals surface area contributed by atoms with E-state index in [1.54, 1.807) is 60.3 Å². The molecule has 2 heterocycles. The average molecular weight is 349 g/mol. The summed E-state index contributed by atoms with van der Waals surface area (Å²) in [5.41, 5.74) is 0.677. The Labute approximate surface area is 149 Å². The van der Waals surface area contributed by atoms with Gasteiger partial charge in [-0.15, -0.1) is 0 Å². The molecule has 0 aliphatic heterocycles. The van der Waals surface area contributed by atoms with Crippen molar-refractivity contribution in [1.82, 2.24) is 4.57 Å². The predicted octanol–water partition coefficient (Wildman–Crippen LogP) is 3.05. The molecule has 130 valence electrons. The third-order valence-corrected chi connectivity index (χ3v) is 3.61. The first-order valence-electron chi connectivity index (χ1n) is 7.79. The number of benzene rings is 1. The van der Waals surface area contributed by atoms with E-state index in [0.29, 0.717) is 5.69 Å². The Morgan fingerprint density at radius 1 is 1.19 bits per heavy atom. The van der Waals surface area contributed by atoms with Crippen molar-refractivity contribution in [2.45, 2.75) is 6.92 Å². The molecular weight excluding hydrogens is 334 g/mol. The molecule has 0 saturated carbocycles. The lowest BCUT2D eigenvalue weighted by Crippen LogP contribution is -2.21. The Balaban J connectivity index is 1.72. The lowest BCUT2D eigenvalue weighted by atomic mass is 10.1. The summed E-state index contributed by atoms with van der Waals surface area (Å²) < 4.78 is 12.2. The van der Waals surface area contributed by atoms with E-state index in [9.17, 15) is 14.9 Å². The Hall–Kier alpha value is -3.79. The number of ether oxygens (including phenoxy) is 1. The van der Waals surface area contributed by atoms with E-state index in [4.69, 9.17) is 9.15 Å². The molecule has 0 atom stereocenters. The Kier molecular flexibility index (Phi) is 4.85. The quantitative estimate of drug-likeness (QED) is 0.714. The molecule has 0 bridgehead atoms. The molecule has 7 heteroatoms. The van der Waals surface area contributed by atoms with Crippen LogP contribution in [0.3, 0.4) is 0 Å². The number of amides is 1. The number of furan rings is 1. The number of hydrogen-bond acceptors (Lipinski definition) is 5. The van der Waals surface area contributed by atoms with Crippen LogP contribution in [0, 0.1) is 18.3 Å². The molecule has 2 aromatic heterocycles. The number of carbonyl (C=O) groups is 2. The number of nitrogens with one attached hydrogen (secondary N) is 1. The number of aromatic nitrogens is 1. The van der Waals surface area contributed by atoms with Crippen molar-refractivity contribution in [2.24, 2.45) is 0 Å². The zero-order valence-corrected chi connectivity index (χ0v) is 13.9. The van der Waals surface area contributed by atoms with Crippen LogP contribution in [0.2, 0.25) is 0 Å². The van der Waals surface area contributed by atoms with E-state index < -0.39 is 18.5 Å². The van der Waals surface area contributed by atoms with Gasteiger partial charge in [0.15, 0.2) is 6.61 Å². The van der Waals surface area contributed by atoms with E-state index in [1.807, 2.05) is 12.1 Å². The number of para-hydroxylation sites is 1. The van der Waals surface area contributed by atoms with Crippen molar-refractivity contribution < 1.29 is 18.7 Å². The maximum Gasteiger partial charge on any atom is 0.343 e. The standard InChI is InChI=1S/C19H15N3O4/c1-13-17(15(11-20)18(26-13)22-9-5-6-10-22)19(24)25-12-16(23)21-14-7-3-2-4-8-14/h2-10H,12H2,1H3,(H,21,23). The summed E-state index contributed by atoms with van der Waals surface area (Å²) in [7, 11) is 0. The van der Waals surface area contributed by atoms with Gasteiger partial charge in [0.05, 0.1) is 0 Å². The van der Waals surface area contributed by atoms with Crippen LogP contribution in [0.4, 0.5) is 5.69 Å². The fourth-order valence-corrected chi connectivity index (χ4v) is 2.45. The molecule has 7 nitrogen and oxygen atoms in total. The number of nitrogens with zero attached hydrogens (tertiary/aromatic N) is 2. The number of esters is 1. The van der Waals surface area contributed by atoms with E-state index in [0.717, 1.165) is 0 Å². The van der Waals surface area contributed by atoms with Crippen molar-refractivity contribution in [1.29, 1.82) is 5.26 Å². The fraction of sp³-hybridized carbons (Fsp3) is 0.105. The number of rotatable bonds is 5. The first-order chi connectivity index (χ1) is 12.6. The topological polar surface area (TPSA) is 97.3 Å². The molecule has 1 N–H and O–H groups in total. The molecular formula is C19H15N3O4. The van der Waals surface area contributed by atoms with Crippen LogP contribution in [0.1, 0.15) is 21.7 Å². The molecule has 0 spiro atoms.